The summed E-state index contributed by atoms with van der Waals surface area (Å²) >= 11 is 0. The largest absolute Gasteiger partial charge is 0.478 e. The van der Waals surface area contributed by atoms with E-state index >= 15 is 0 Å². The summed E-state index contributed by atoms with van der Waals surface area (Å²) in [4.78, 5) is 21.7. The number of carbonyl (C=O) groups excluding carboxylic acids is 1. The Hall–Kier alpha value is -2.10. The van der Waals surface area contributed by atoms with Crippen molar-refractivity contribution < 1.29 is 19.4 Å². The Balaban J connectivity index is 2.95. The molecule has 0 aromatic heterocycles. The van der Waals surface area contributed by atoms with Crippen molar-refractivity contribution in [2.45, 2.75) is 20.8 Å². The Morgan fingerprint density at radius 1 is 1.33 bits per heavy atom. The normalized spacial score (nSPS) is 12.1. The quantitative estimate of drug-likeness (QED) is 0.505. The first-order chi connectivity index (χ1) is 8.34. The Kier molecular flexibility index (Phi) is 4.26. The zero-order valence-electron chi connectivity index (χ0n) is 10.6. The smallest absolute Gasteiger partial charge is 0.335 e. The number of hydrogen-bond acceptors (Lipinski definition) is 3. The van der Waals surface area contributed by atoms with E-state index in [1.165, 1.54) is 6.26 Å². The maximum absolute atomic E-state index is 11.1. The summed E-state index contributed by atoms with van der Waals surface area (Å²) < 4.78 is 5.30. The van der Waals surface area contributed by atoms with Crippen LogP contribution in [0.2, 0.25) is 0 Å². The molecule has 0 heterocycles. The summed E-state index contributed by atoms with van der Waals surface area (Å²) in [6.45, 7) is 5.37. The van der Waals surface area contributed by atoms with Gasteiger partial charge in [-0.1, -0.05) is 32.9 Å². The number of carboxylic acid groups (broad SMARTS) is 1. The molecular weight excluding hydrogens is 232 g/mol. The van der Waals surface area contributed by atoms with Crippen molar-refractivity contribution in [1.82, 2.24) is 0 Å². The van der Waals surface area contributed by atoms with E-state index in [1.807, 2.05) is 0 Å². The lowest BCUT2D eigenvalue weighted by atomic mass is 9.87. The van der Waals surface area contributed by atoms with Crippen LogP contribution in [0.15, 0.2) is 36.1 Å². The van der Waals surface area contributed by atoms with Crippen LogP contribution in [0.25, 0.3) is 0 Å². The van der Waals surface area contributed by atoms with Crippen LogP contribution in [0.3, 0.4) is 0 Å². The van der Waals surface area contributed by atoms with Crippen LogP contribution < -0.4 is 4.74 Å². The molecule has 4 heteroatoms. The topological polar surface area (TPSA) is 63.6 Å². The zero-order valence-corrected chi connectivity index (χ0v) is 10.6. The van der Waals surface area contributed by atoms with Crippen LogP contribution in [-0.2, 0) is 4.79 Å². The van der Waals surface area contributed by atoms with Gasteiger partial charge < -0.3 is 9.84 Å². The van der Waals surface area contributed by atoms with Crippen molar-refractivity contribution in [2.24, 2.45) is 5.41 Å². The summed E-state index contributed by atoms with van der Waals surface area (Å²) in [5.74, 6) is -0.586. The maximum Gasteiger partial charge on any atom is 0.335 e. The van der Waals surface area contributed by atoms with Gasteiger partial charge in [0.15, 0.2) is 0 Å². The number of benzene rings is 1. The van der Waals surface area contributed by atoms with E-state index in [0.717, 1.165) is 0 Å². The minimum absolute atomic E-state index is 0.166. The number of rotatable bonds is 4. The van der Waals surface area contributed by atoms with Crippen molar-refractivity contribution in [2.75, 3.05) is 0 Å². The SMILES string of the molecule is CC(C)(C)C(=COc1cccc(C=O)c1)C(=O)O. The molecular formula is C14H16O4. The number of aliphatic carboxylic acids is 1. The third-order valence-electron chi connectivity index (χ3n) is 2.35. The molecule has 1 aromatic carbocycles. The van der Waals surface area contributed by atoms with E-state index in [4.69, 9.17) is 9.84 Å². The molecule has 0 spiro atoms. The van der Waals surface area contributed by atoms with Crippen LogP contribution >= 0.6 is 0 Å². The van der Waals surface area contributed by atoms with Gasteiger partial charge in [-0.2, -0.15) is 0 Å². The molecule has 0 atom stereocenters. The lowest BCUT2D eigenvalue weighted by Gasteiger charge is -2.18. The van der Waals surface area contributed by atoms with Crippen molar-refractivity contribution >= 4 is 12.3 Å². The summed E-state index contributed by atoms with van der Waals surface area (Å²) in [6, 6.07) is 6.52. The molecule has 18 heavy (non-hydrogen) atoms. The molecule has 0 saturated heterocycles. The lowest BCUT2D eigenvalue weighted by Crippen LogP contribution is -2.18. The fourth-order valence-corrected chi connectivity index (χ4v) is 1.34. The summed E-state index contributed by atoms with van der Waals surface area (Å²) in [6.07, 6.45) is 1.92. The predicted molar refractivity (Wildman–Crippen MR) is 67.6 cm³/mol. The molecule has 0 unspecified atom stereocenters. The Bertz CT molecular complexity index is 481. The van der Waals surface area contributed by atoms with Gasteiger partial charge in [0, 0.05) is 5.56 Å². The number of carboxylic acids is 1. The highest BCUT2D eigenvalue weighted by molar-refractivity contribution is 5.87. The third-order valence-corrected chi connectivity index (χ3v) is 2.35. The molecule has 0 aliphatic heterocycles. The molecule has 1 N–H and O–H groups in total. The van der Waals surface area contributed by atoms with Crippen LogP contribution in [0.4, 0.5) is 0 Å². The van der Waals surface area contributed by atoms with Gasteiger partial charge in [-0.15, -0.1) is 0 Å². The van der Waals surface area contributed by atoms with Gasteiger partial charge >= 0.3 is 5.97 Å². The minimum atomic E-state index is -1.02. The first-order valence-electron chi connectivity index (χ1n) is 5.50. The molecule has 0 aliphatic carbocycles. The summed E-state index contributed by atoms with van der Waals surface area (Å²) in [5.41, 5.74) is 0.126. The molecule has 0 saturated carbocycles. The highest BCUT2D eigenvalue weighted by atomic mass is 16.5. The molecule has 1 rings (SSSR count). The van der Waals surface area contributed by atoms with Gasteiger partial charge in [-0.3, -0.25) is 4.79 Å². The van der Waals surface area contributed by atoms with Crippen LogP contribution in [0, 0.1) is 5.41 Å². The van der Waals surface area contributed by atoms with E-state index in [9.17, 15) is 9.59 Å². The molecule has 0 bridgehead atoms. The molecule has 1 aromatic rings. The van der Waals surface area contributed by atoms with E-state index in [1.54, 1.807) is 45.0 Å². The highest BCUT2D eigenvalue weighted by Gasteiger charge is 2.24. The lowest BCUT2D eigenvalue weighted by molar-refractivity contribution is -0.133. The molecule has 0 radical (unpaired) electrons. The zero-order chi connectivity index (χ0) is 13.8. The predicted octanol–water partition coefficient (Wildman–Crippen LogP) is 2.89. The number of ether oxygens (including phenoxy) is 1. The number of hydrogen-bond donors (Lipinski definition) is 1. The minimum Gasteiger partial charge on any atom is -0.478 e. The Morgan fingerprint density at radius 2 is 2.00 bits per heavy atom. The monoisotopic (exact) mass is 248 g/mol. The first-order valence-corrected chi connectivity index (χ1v) is 5.50. The van der Waals surface area contributed by atoms with E-state index in [2.05, 4.69) is 0 Å². The van der Waals surface area contributed by atoms with E-state index in [-0.39, 0.29) is 5.57 Å². The van der Waals surface area contributed by atoms with Crippen molar-refractivity contribution in [3.05, 3.63) is 41.7 Å². The second kappa shape index (κ2) is 5.49. The van der Waals surface area contributed by atoms with E-state index < -0.39 is 11.4 Å². The van der Waals surface area contributed by atoms with E-state index in [0.29, 0.717) is 17.6 Å². The number of aldehydes is 1. The van der Waals surface area contributed by atoms with Gasteiger partial charge in [0.05, 0.1) is 5.57 Å². The molecule has 96 valence electrons. The highest BCUT2D eigenvalue weighted by Crippen LogP contribution is 2.26. The number of carbonyl (C=O) groups is 2. The van der Waals surface area contributed by atoms with Crippen LogP contribution in [-0.4, -0.2) is 17.4 Å². The second-order valence-electron chi connectivity index (χ2n) is 4.89. The fourth-order valence-electron chi connectivity index (χ4n) is 1.34. The molecule has 0 amide bonds. The van der Waals surface area contributed by atoms with Gasteiger partial charge in [-0.25, -0.2) is 4.79 Å². The van der Waals surface area contributed by atoms with Crippen molar-refractivity contribution in [3.63, 3.8) is 0 Å². The summed E-state index contributed by atoms with van der Waals surface area (Å²) in [7, 11) is 0. The average molecular weight is 248 g/mol. The Morgan fingerprint density at radius 3 is 2.50 bits per heavy atom. The fraction of sp³-hybridized carbons (Fsp3) is 0.286. The molecule has 0 aliphatic rings. The third kappa shape index (κ3) is 3.73. The van der Waals surface area contributed by atoms with Gasteiger partial charge in [0.1, 0.15) is 18.3 Å². The standard InChI is InChI=1S/C14H16O4/c1-14(2,3)12(13(16)17)9-18-11-6-4-5-10(7-11)8-15/h4-9H,1-3H3,(H,16,17). The molecule has 4 nitrogen and oxygen atoms in total. The van der Waals surface area contributed by atoms with Crippen molar-refractivity contribution in [3.8, 4) is 5.75 Å². The van der Waals surface area contributed by atoms with Gasteiger partial charge in [0.2, 0.25) is 0 Å². The van der Waals surface area contributed by atoms with Gasteiger partial charge in [0.25, 0.3) is 0 Å². The average Bonchev–Trinajstić information content (AvgIpc) is 2.27. The van der Waals surface area contributed by atoms with Gasteiger partial charge in [-0.05, 0) is 17.5 Å². The summed E-state index contributed by atoms with van der Waals surface area (Å²) in [5, 5.41) is 9.08. The maximum atomic E-state index is 11.1. The Labute approximate surface area is 106 Å². The van der Waals surface area contributed by atoms with Crippen LogP contribution in [0.5, 0.6) is 5.75 Å². The molecule has 0 fully saturated rings. The van der Waals surface area contributed by atoms with Crippen molar-refractivity contribution in [1.29, 1.82) is 0 Å². The van der Waals surface area contributed by atoms with Crippen LogP contribution in [0.1, 0.15) is 31.1 Å². The second-order valence-corrected chi connectivity index (χ2v) is 4.89. The first kappa shape index (κ1) is 14.0.